The van der Waals surface area contributed by atoms with Crippen molar-refractivity contribution in [2.45, 2.75) is 70.4 Å². The van der Waals surface area contributed by atoms with Crippen LogP contribution in [0.4, 0.5) is 5.69 Å². The lowest BCUT2D eigenvalue weighted by molar-refractivity contribution is 0.0714. The van der Waals surface area contributed by atoms with Crippen LogP contribution in [0, 0.1) is 0 Å². The maximum Gasteiger partial charge on any atom is 0.0594 e. The Morgan fingerprint density at radius 2 is 1.67 bits per heavy atom. The van der Waals surface area contributed by atoms with E-state index in [4.69, 9.17) is 0 Å². The minimum atomic E-state index is -0.595. The van der Waals surface area contributed by atoms with Crippen molar-refractivity contribution in [2.24, 2.45) is 0 Å². The van der Waals surface area contributed by atoms with Crippen molar-refractivity contribution in [1.82, 2.24) is 0 Å². The quantitative estimate of drug-likeness (QED) is 0.476. The molecule has 3 aromatic rings. The molecule has 0 heterocycles. The van der Waals surface area contributed by atoms with E-state index >= 15 is 0 Å². The molecule has 0 radical (unpaired) electrons. The van der Waals surface area contributed by atoms with Gasteiger partial charge in [-0.1, -0.05) is 60.7 Å². The van der Waals surface area contributed by atoms with Gasteiger partial charge in [-0.15, -0.1) is 0 Å². The molecule has 0 spiro atoms. The minimum absolute atomic E-state index is 0.595. The predicted molar refractivity (Wildman–Crippen MR) is 128 cm³/mol. The van der Waals surface area contributed by atoms with E-state index < -0.39 is 5.60 Å². The van der Waals surface area contributed by atoms with Crippen molar-refractivity contribution in [2.75, 3.05) is 11.4 Å². The second-order valence-electron chi connectivity index (χ2n) is 9.50. The van der Waals surface area contributed by atoms with Gasteiger partial charge in [0.25, 0.3) is 0 Å². The first-order valence-corrected chi connectivity index (χ1v) is 11.5. The monoisotopic (exact) mass is 401 g/mol. The number of anilines is 1. The molecule has 0 bridgehead atoms. The largest absolute Gasteiger partial charge is 0.390 e. The van der Waals surface area contributed by atoms with Crippen LogP contribution in [-0.4, -0.2) is 23.3 Å². The number of aryl methyl sites for hydroxylation is 1. The van der Waals surface area contributed by atoms with Gasteiger partial charge in [-0.25, -0.2) is 0 Å². The summed E-state index contributed by atoms with van der Waals surface area (Å²) in [6.45, 7) is 7.10. The van der Waals surface area contributed by atoms with Crippen LogP contribution in [0.2, 0.25) is 0 Å². The van der Waals surface area contributed by atoms with Gasteiger partial charge in [0.2, 0.25) is 0 Å². The fourth-order valence-corrected chi connectivity index (χ4v) is 5.03. The highest BCUT2D eigenvalue weighted by atomic mass is 16.3. The van der Waals surface area contributed by atoms with Crippen molar-refractivity contribution < 1.29 is 5.11 Å². The van der Waals surface area contributed by atoms with Crippen LogP contribution < -0.4 is 4.90 Å². The van der Waals surface area contributed by atoms with E-state index in [0.29, 0.717) is 12.0 Å². The van der Waals surface area contributed by atoms with Gasteiger partial charge in [-0.05, 0) is 81.4 Å². The Bertz CT molecular complexity index is 965. The summed E-state index contributed by atoms with van der Waals surface area (Å²) in [5.74, 6) is 0.641. The highest BCUT2D eigenvalue weighted by molar-refractivity contribution is 5.94. The summed E-state index contributed by atoms with van der Waals surface area (Å²) in [6, 6.07) is 25.2. The Morgan fingerprint density at radius 1 is 0.933 bits per heavy atom. The van der Waals surface area contributed by atoms with Gasteiger partial charge in [-0.3, -0.25) is 0 Å². The molecule has 2 atom stereocenters. The SMILES string of the molecule is CCN(c1cccc2ccccc12)C1CCC(c2ccc(CCC(C)(C)O)cc2)C1. The fraction of sp³-hybridized carbons (Fsp3) is 0.429. The highest BCUT2D eigenvalue weighted by Crippen LogP contribution is 2.40. The van der Waals surface area contributed by atoms with E-state index in [9.17, 15) is 5.11 Å². The molecule has 1 N–H and O–H groups in total. The lowest BCUT2D eigenvalue weighted by Crippen LogP contribution is -2.33. The molecule has 1 aliphatic carbocycles. The van der Waals surface area contributed by atoms with Gasteiger partial charge >= 0.3 is 0 Å². The molecule has 1 saturated carbocycles. The first-order chi connectivity index (χ1) is 14.4. The second kappa shape index (κ2) is 8.81. The molecule has 0 aliphatic heterocycles. The van der Waals surface area contributed by atoms with Gasteiger partial charge in [0, 0.05) is 23.7 Å². The Hall–Kier alpha value is -2.32. The highest BCUT2D eigenvalue weighted by Gasteiger charge is 2.30. The van der Waals surface area contributed by atoms with E-state index in [1.807, 2.05) is 13.8 Å². The molecular formula is C28H35NO. The Morgan fingerprint density at radius 3 is 2.40 bits per heavy atom. The van der Waals surface area contributed by atoms with Gasteiger partial charge in [0.1, 0.15) is 0 Å². The Labute approximate surface area is 181 Å². The first-order valence-electron chi connectivity index (χ1n) is 11.5. The lowest BCUT2D eigenvalue weighted by Gasteiger charge is -2.31. The number of hydrogen-bond acceptors (Lipinski definition) is 2. The minimum Gasteiger partial charge on any atom is -0.390 e. The second-order valence-corrected chi connectivity index (χ2v) is 9.50. The standard InChI is InChI=1S/C28H35NO/c1-4-29(27-11-7-9-23-8-5-6-10-26(23)27)25-17-16-24(20-25)22-14-12-21(13-15-22)18-19-28(2,3)30/h5-15,24-25,30H,4,16-20H2,1-3H3. The van der Waals surface area contributed by atoms with Crippen molar-refractivity contribution in [1.29, 1.82) is 0 Å². The Balaban J connectivity index is 1.46. The topological polar surface area (TPSA) is 23.5 Å². The number of rotatable bonds is 7. The van der Waals surface area contributed by atoms with Crippen molar-refractivity contribution >= 4 is 16.5 Å². The van der Waals surface area contributed by atoms with E-state index in [2.05, 4.69) is 78.6 Å². The van der Waals surface area contributed by atoms with E-state index in [-0.39, 0.29) is 0 Å². The molecule has 158 valence electrons. The van der Waals surface area contributed by atoms with Gasteiger partial charge < -0.3 is 10.0 Å². The molecule has 1 aliphatic rings. The van der Waals surface area contributed by atoms with E-state index in [0.717, 1.165) is 19.4 Å². The molecule has 0 saturated heterocycles. The normalized spacial score (nSPS) is 19.3. The third-order valence-electron chi connectivity index (χ3n) is 6.74. The molecule has 30 heavy (non-hydrogen) atoms. The number of benzene rings is 3. The zero-order valence-electron chi connectivity index (χ0n) is 18.6. The number of nitrogens with zero attached hydrogens (tertiary/aromatic N) is 1. The van der Waals surface area contributed by atoms with Crippen LogP contribution in [0.5, 0.6) is 0 Å². The predicted octanol–water partition coefficient (Wildman–Crippen LogP) is 6.71. The van der Waals surface area contributed by atoms with Gasteiger partial charge in [-0.2, -0.15) is 0 Å². The van der Waals surface area contributed by atoms with Gasteiger partial charge in [0.15, 0.2) is 0 Å². The zero-order chi connectivity index (χ0) is 21.1. The molecular weight excluding hydrogens is 366 g/mol. The summed E-state index contributed by atoms with van der Waals surface area (Å²) >= 11 is 0. The summed E-state index contributed by atoms with van der Waals surface area (Å²) in [4.78, 5) is 2.63. The zero-order valence-corrected chi connectivity index (χ0v) is 18.6. The summed E-state index contributed by atoms with van der Waals surface area (Å²) in [6.07, 6.45) is 5.47. The summed E-state index contributed by atoms with van der Waals surface area (Å²) in [5.41, 5.74) is 3.57. The van der Waals surface area contributed by atoms with Crippen molar-refractivity contribution in [3.8, 4) is 0 Å². The average Bonchev–Trinajstić information content (AvgIpc) is 3.23. The molecule has 2 nitrogen and oxygen atoms in total. The average molecular weight is 402 g/mol. The maximum absolute atomic E-state index is 9.97. The van der Waals surface area contributed by atoms with Crippen molar-refractivity contribution in [3.05, 3.63) is 77.9 Å². The third-order valence-corrected chi connectivity index (χ3v) is 6.74. The smallest absolute Gasteiger partial charge is 0.0594 e. The van der Waals surface area contributed by atoms with Crippen LogP contribution in [-0.2, 0) is 6.42 Å². The number of fused-ring (bicyclic) bond motifs is 1. The molecule has 0 amide bonds. The Kier molecular flexibility index (Phi) is 6.15. The first kappa shape index (κ1) is 20.9. The summed E-state index contributed by atoms with van der Waals surface area (Å²) < 4.78 is 0. The third kappa shape index (κ3) is 4.70. The fourth-order valence-electron chi connectivity index (χ4n) is 5.03. The van der Waals surface area contributed by atoms with Crippen molar-refractivity contribution in [3.63, 3.8) is 0 Å². The van der Waals surface area contributed by atoms with Crippen LogP contribution in [0.3, 0.4) is 0 Å². The van der Waals surface area contributed by atoms with Crippen LogP contribution in [0.1, 0.15) is 63.5 Å². The number of hydrogen-bond donors (Lipinski definition) is 1. The molecule has 2 unspecified atom stereocenters. The van der Waals surface area contributed by atoms with E-state index in [1.54, 1.807) is 0 Å². The van der Waals surface area contributed by atoms with Crippen LogP contribution in [0.25, 0.3) is 10.8 Å². The summed E-state index contributed by atoms with van der Waals surface area (Å²) in [7, 11) is 0. The maximum atomic E-state index is 9.97. The molecule has 0 aromatic heterocycles. The number of aliphatic hydroxyl groups is 1. The molecule has 3 aromatic carbocycles. The summed E-state index contributed by atoms with van der Waals surface area (Å²) in [5, 5.41) is 12.7. The lowest BCUT2D eigenvalue weighted by atomic mass is 9.94. The molecule has 1 fully saturated rings. The van der Waals surface area contributed by atoms with Crippen LogP contribution >= 0.6 is 0 Å². The molecule has 2 heteroatoms. The van der Waals surface area contributed by atoms with Gasteiger partial charge in [0.05, 0.1) is 5.60 Å². The molecule has 4 rings (SSSR count). The van der Waals surface area contributed by atoms with E-state index in [1.165, 1.54) is 46.8 Å². The van der Waals surface area contributed by atoms with Crippen LogP contribution in [0.15, 0.2) is 66.7 Å².